The monoisotopic (exact) mass is 322 g/mol. The number of benzene rings is 1. The first-order chi connectivity index (χ1) is 11.7. The number of methoxy groups -OCH3 is 1. The average Bonchev–Trinajstić information content (AvgIpc) is 3.09. The van der Waals surface area contributed by atoms with E-state index in [4.69, 9.17) is 4.74 Å². The van der Waals surface area contributed by atoms with E-state index in [2.05, 4.69) is 47.7 Å². The molecule has 0 spiro atoms. The third-order valence-corrected chi connectivity index (χ3v) is 4.12. The van der Waals surface area contributed by atoms with E-state index in [1.54, 1.807) is 0 Å². The van der Waals surface area contributed by atoms with Crippen LogP contribution >= 0.6 is 0 Å². The van der Waals surface area contributed by atoms with Gasteiger partial charge in [0, 0.05) is 23.6 Å². The largest absolute Gasteiger partial charge is 0.465 e. The molecule has 1 aliphatic rings. The predicted octanol–water partition coefficient (Wildman–Crippen LogP) is 4.18. The Kier molecular flexibility index (Phi) is 4.85. The van der Waals surface area contributed by atoms with Gasteiger partial charge in [0.1, 0.15) is 0 Å². The molecule has 0 fully saturated rings. The summed E-state index contributed by atoms with van der Waals surface area (Å²) in [6, 6.07) is 5.88. The Balaban J connectivity index is 1.89. The summed E-state index contributed by atoms with van der Waals surface area (Å²) in [5.74, 6) is -0.314. The zero-order chi connectivity index (χ0) is 16.9. The number of allylic oxidation sites excluding steroid dienone is 5. The summed E-state index contributed by atoms with van der Waals surface area (Å²) in [7, 11) is 1.41. The molecule has 1 aromatic heterocycles. The minimum atomic E-state index is -0.314. The molecule has 0 amide bonds. The Morgan fingerprint density at radius 2 is 2.25 bits per heavy atom. The molecule has 2 aromatic rings. The summed E-state index contributed by atoms with van der Waals surface area (Å²) in [5.41, 5.74) is 4.91. The van der Waals surface area contributed by atoms with Crippen molar-refractivity contribution in [1.82, 2.24) is 10.3 Å². The molecule has 2 N–H and O–H groups in total. The van der Waals surface area contributed by atoms with Crippen molar-refractivity contribution in [2.75, 3.05) is 13.7 Å². The number of nitrogens with one attached hydrogen (secondary N) is 2. The van der Waals surface area contributed by atoms with E-state index in [1.807, 2.05) is 18.3 Å². The first-order valence-corrected chi connectivity index (χ1v) is 8.23. The Morgan fingerprint density at radius 1 is 1.38 bits per heavy atom. The fourth-order valence-corrected chi connectivity index (χ4v) is 2.84. The van der Waals surface area contributed by atoms with Crippen LogP contribution in [0.1, 0.15) is 35.7 Å². The summed E-state index contributed by atoms with van der Waals surface area (Å²) in [6.07, 6.45) is 12.3. The second-order valence-corrected chi connectivity index (χ2v) is 5.82. The lowest BCUT2D eigenvalue weighted by molar-refractivity contribution is 0.0603. The first kappa shape index (κ1) is 16.1. The van der Waals surface area contributed by atoms with Crippen molar-refractivity contribution in [3.8, 4) is 0 Å². The molecule has 0 saturated carbocycles. The number of carbonyl (C=O) groups excluding carboxylic acids is 1. The summed E-state index contributed by atoms with van der Waals surface area (Å²) < 4.78 is 4.92. The number of hydrogen-bond donors (Lipinski definition) is 2. The molecule has 0 saturated heterocycles. The van der Waals surface area contributed by atoms with Gasteiger partial charge in [-0.05, 0) is 54.0 Å². The number of ether oxygens (including phenoxy) is 1. The maximum atomic E-state index is 12.1. The molecular formula is C20H22N2O2. The Morgan fingerprint density at radius 3 is 2.96 bits per heavy atom. The number of esters is 1. The molecule has 3 rings (SSSR count). The molecule has 4 heteroatoms. The van der Waals surface area contributed by atoms with E-state index in [0.29, 0.717) is 5.56 Å². The number of hydrogen-bond acceptors (Lipinski definition) is 3. The van der Waals surface area contributed by atoms with Crippen LogP contribution in [-0.4, -0.2) is 24.6 Å². The Labute approximate surface area is 141 Å². The quantitative estimate of drug-likeness (QED) is 0.641. The van der Waals surface area contributed by atoms with Crippen LogP contribution < -0.4 is 5.32 Å². The van der Waals surface area contributed by atoms with Crippen molar-refractivity contribution in [1.29, 1.82) is 0 Å². The molecule has 4 nitrogen and oxygen atoms in total. The highest BCUT2D eigenvalue weighted by Gasteiger charge is 2.14. The van der Waals surface area contributed by atoms with Crippen LogP contribution in [0.3, 0.4) is 0 Å². The first-order valence-electron chi connectivity index (χ1n) is 8.23. The van der Waals surface area contributed by atoms with Gasteiger partial charge in [-0.2, -0.15) is 0 Å². The van der Waals surface area contributed by atoms with Gasteiger partial charge in [-0.1, -0.05) is 25.2 Å². The van der Waals surface area contributed by atoms with Gasteiger partial charge in [-0.15, -0.1) is 0 Å². The summed E-state index contributed by atoms with van der Waals surface area (Å²) >= 11 is 0. The van der Waals surface area contributed by atoms with Crippen molar-refractivity contribution in [3.63, 3.8) is 0 Å². The lowest BCUT2D eigenvalue weighted by Crippen LogP contribution is -2.07. The molecule has 1 aromatic carbocycles. The van der Waals surface area contributed by atoms with Gasteiger partial charge in [0.15, 0.2) is 0 Å². The fourth-order valence-electron chi connectivity index (χ4n) is 2.84. The van der Waals surface area contributed by atoms with E-state index in [9.17, 15) is 4.79 Å². The second kappa shape index (κ2) is 7.21. The SMILES string of the molecule is CCCNC=C1C=CC(c2cc(C(=O)OC)c3cc[nH]c3c2)=CC1. The van der Waals surface area contributed by atoms with E-state index in [0.717, 1.165) is 41.4 Å². The predicted molar refractivity (Wildman–Crippen MR) is 97.7 cm³/mol. The number of carbonyl (C=O) groups is 1. The van der Waals surface area contributed by atoms with E-state index in [1.165, 1.54) is 12.7 Å². The van der Waals surface area contributed by atoms with E-state index < -0.39 is 0 Å². The van der Waals surface area contributed by atoms with Crippen molar-refractivity contribution in [2.24, 2.45) is 0 Å². The third-order valence-electron chi connectivity index (χ3n) is 4.12. The average molecular weight is 322 g/mol. The summed E-state index contributed by atoms with van der Waals surface area (Å²) in [4.78, 5) is 15.2. The normalized spacial score (nSPS) is 15.6. The molecule has 0 bridgehead atoms. The van der Waals surface area contributed by atoms with Crippen molar-refractivity contribution < 1.29 is 9.53 Å². The number of aromatic nitrogens is 1. The molecule has 124 valence electrons. The number of fused-ring (bicyclic) bond motifs is 1. The van der Waals surface area contributed by atoms with Crippen molar-refractivity contribution >= 4 is 22.4 Å². The molecule has 0 aliphatic heterocycles. The zero-order valence-corrected chi connectivity index (χ0v) is 14.1. The van der Waals surface area contributed by atoms with Gasteiger partial charge in [-0.25, -0.2) is 4.79 Å². The zero-order valence-electron chi connectivity index (χ0n) is 14.1. The van der Waals surface area contributed by atoms with Crippen LogP contribution in [0.5, 0.6) is 0 Å². The summed E-state index contributed by atoms with van der Waals surface area (Å²) in [5, 5.41) is 4.19. The van der Waals surface area contributed by atoms with Gasteiger partial charge in [0.2, 0.25) is 0 Å². The topological polar surface area (TPSA) is 54.1 Å². The molecule has 1 heterocycles. The highest BCUT2D eigenvalue weighted by molar-refractivity contribution is 6.05. The lowest BCUT2D eigenvalue weighted by Gasteiger charge is -2.12. The van der Waals surface area contributed by atoms with Crippen molar-refractivity contribution in [3.05, 3.63) is 65.5 Å². The van der Waals surface area contributed by atoms with Crippen molar-refractivity contribution in [2.45, 2.75) is 19.8 Å². The molecule has 1 aliphatic carbocycles. The van der Waals surface area contributed by atoms with Crippen LogP contribution in [0.2, 0.25) is 0 Å². The van der Waals surface area contributed by atoms with Crippen LogP contribution in [-0.2, 0) is 4.74 Å². The van der Waals surface area contributed by atoms with E-state index in [-0.39, 0.29) is 5.97 Å². The van der Waals surface area contributed by atoms with Crippen LogP contribution in [0.25, 0.3) is 16.5 Å². The van der Waals surface area contributed by atoms with Crippen LogP contribution in [0, 0.1) is 0 Å². The lowest BCUT2D eigenvalue weighted by atomic mass is 9.94. The fraction of sp³-hybridized carbons (Fsp3) is 0.250. The summed E-state index contributed by atoms with van der Waals surface area (Å²) in [6.45, 7) is 3.13. The van der Waals surface area contributed by atoms with Crippen LogP contribution in [0.4, 0.5) is 0 Å². The highest BCUT2D eigenvalue weighted by Crippen LogP contribution is 2.29. The number of rotatable bonds is 5. The molecule has 0 radical (unpaired) electrons. The molecule has 0 atom stereocenters. The maximum absolute atomic E-state index is 12.1. The maximum Gasteiger partial charge on any atom is 0.338 e. The number of aromatic amines is 1. The molecule has 0 unspecified atom stereocenters. The van der Waals surface area contributed by atoms with E-state index >= 15 is 0 Å². The minimum Gasteiger partial charge on any atom is -0.465 e. The van der Waals surface area contributed by atoms with Crippen LogP contribution in [0.15, 0.2) is 54.4 Å². The van der Waals surface area contributed by atoms with Gasteiger partial charge < -0.3 is 15.0 Å². The smallest absolute Gasteiger partial charge is 0.338 e. The molecule has 24 heavy (non-hydrogen) atoms. The third kappa shape index (κ3) is 3.27. The number of H-pyrrole nitrogens is 1. The van der Waals surface area contributed by atoms with Gasteiger partial charge in [0.05, 0.1) is 12.7 Å². The van der Waals surface area contributed by atoms with Gasteiger partial charge in [0.25, 0.3) is 0 Å². The Bertz CT molecular complexity index is 840. The second-order valence-electron chi connectivity index (χ2n) is 5.82. The van der Waals surface area contributed by atoms with Gasteiger partial charge in [-0.3, -0.25) is 0 Å². The molecular weight excluding hydrogens is 300 g/mol. The Hall–Kier alpha value is -2.75. The minimum absolute atomic E-state index is 0.314. The standard InChI is InChI=1S/C20H22N2O2/c1-3-9-21-13-14-4-6-15(7-5-14)16-11-18(20(23)24-2)17-8-10-22-19(17)12-16/h4,6-8,10-13,21-22H,3,5,9H2,1-2H3. The van der Waals surface area contributed by atoms with Gasteiger partial charge >= 0.3 is 5.97 Å². The highest BCUT2D eigenvalue weighted by atomic mass is 16.5.